The van der Waals surface area contributed by atoms with E-state index in [0.717, 1.165) is 11.3 Å². The molecule has 0 aliphatic carbocycles. The van der Waals surface area contributed by atoms with E-state index < -0.39 is 0 Å². The second kappa shape index (κ2) is 5.77. The first-order valence-corrected chi connectivity index (χ1v) is 6.53. The highest BCUT2D eigenvalue weighted by Gasteiger charge is 2.09. The quantitative estimate of drug-likeness (QED) is 0.926. The number of nitrogens with two attached hydrogens (primary N) is 1. The van der Waals surface area contributed by atoms with Gasteiger partial charge in [-0.15, -0.1) is 0 Å². The van der Waals surface area contributed by atoms with Crippen LogP contribution < -0.4 is 16.0 Å². The second-order valence-electron chi connectivity index (χ2n) is 5.10. The predicted octanol–water partition coefficient (Wildman–Crippen LogP) is 2.16. The topological polar surface area (TPSA) is 70.1 Å². The molecule has 106 valence electrons. The first kappa shape index (κ1) is 14.1. The molecule has 2 rings (SSSR count). The molecule has 0 radical (unpaired) electrons. The Morgan fingerprint density at radius 3 is 2.75 bits per heavy atom. The van der Waals surface area contributed by atoms with E-state index in [4.69, 9.17) is 10.5 Å². The van der Waals surface area contributed by atoms with Crippen molar-refractivity contribution < 1.29 is 4.74 Å². The van der Waals surface area contributed by atoms with Gasteiger partial charge in [0, 0.05) is 12.1 Å². The molecule has 0 unspecified atom stereocenters. The van der Waals surface area contributed by atoms with Crippen LogP contribution in [0.4, 0.5) is 5.69 Å². The van der Waals surface area contributed by atoms with Crippen LogP contribution in [0.15, 0.2) is 35.1 Å². The molecule has 2 aromatic rings. The molecule has 20 heavy (non-hydrogen) atoms. The summed E-state index contributed by atoms with van der Waals surface area (Å²) in [7, 11) is 1.61. The lowest BCUT2D eigenvalue weighted by Crippen LogP contribution is -2.27. The zero-order chi connectivity index (χ0) is 14.7. The number of nitrogen functional groups attached to an aromatic ring is 1. The van der Waals surface area contributed by atoms with E-state index in [2.05, 4.69) is 5.10 Å². The molecule has 0 saturated carbocycles. The summed E-state index contributed by atoms with van der Waals surface area (Å²) in [4.78, 5) is 12.0. The first-order chi connectivity index (χ1) is 9.51. The molecule has 0 saturated heterocycles. The van der Waals surface area contributed by atoms with Gasteiger partial charge >= 0.3 is 0 Å². The van der Waals surface area contributed by atoms with Crippen LogP contribution in [-0.2, 0) is 6.54 Å². The van der Waals surface area contributed by atoms with Crippen LogP contribution in [0.2, 0.25) is 0 Å². The fraction of sp³-hybridized carbons (Fsp3) is 0.333. The summed E-state index contributed by atoms with van der Waals surface area (Å²) < 4.78 is 6.62. The van der Waals surface area contributed by atoms with E-state index in [-0.39, 0.29) is 11.2 Å². The fourth-order valence-corrected chi connectivity index (χ4v) is 1.96. The molecule has 0 atom stereocenters. The molecule has 0 aliphatic rings. The Morgan fingerprint density at radius 2 is 2.10 bits per heavy atom. The van der Waals surface area contributed by atoms with Gasteiger partial charge in [0.25, 0.3) is 5.56 Å². The predicted molar refractivity (Wildman–Crippen MR) is 79.7 cm³/mol. The summed E-state index contributed by atoms with van der Waals surface area (Å²) in [6.45, 7) is 4.60. The Labute approximate surface area is 118 Å². The third-order valence-corrected chi connectivity index (χ3v) is 2.91. The number of benzene rings is 1. The van der Waals surface area contributed by atoms with Crippen LogP contribution >= 0.6 is 0 Å². The summed E-state index contributed by atoms with van der Waals surface area (Å²) in [5, 5.41) is 4.39. The van der Waals surface area contributed by atoms with Gasteiger partial charge in [0.05, 0.1) is 12.8 Å². The van der Waals surface area contributed by atoms with Crippen molar-refractivity contribution in [3.63, 3.8) is 0 Å². The van der Waals surface area contributed by atoms with Crippen molar-refractivity contribution in [3.8, 4) is 17.0 Å². The van der Waals surface area contributed by atoms with E-state index in [1.54, 1.807) is 13.2 Å². The number of methoxy groups -OCH3 is 1. The molecule has 1 heterocycles. The molecule has 1 aromatic heterocycles. The molecule has 1 aromatic carbocycles. The van der Waals surface area contributed by atoms with E-state index >= 15 is 0 Å². The van der Waals surface area contributed by atoms with Gasteiger partial charge in [0.15, 0.2) is 0 Å². The summed E-state index contributed by atoms with van der Waals surface area (Å²) in [6.07, 6.45) is 0. The van der Waals surface area contributed by atoms with Crippen molar-refractivity contribution in [1.82, 2.24) is 9.78 Å². The molecule has 0 fully saturated rings. The van der Waals surface area contributed by atoms with Gasteiger partial charge in [-0.1, -0.05) is 26.0 Å². The largest absolute Gasteiger partial charge is 0.497 e. The van der Waals surface area contributed by atoms with Crippen LogP contribution in [0.3, 0.4) is 0 Å². The Bertz CT molecular complexity index is 662. The zero-order valence-electron chi connectivity index (χ0n) is 12.0. The number of anilines is 1. The maximum Gasteiger partial charge on any atom is 0.289 e. The smallest absolute Gasteiger partial charge is 0.289 e. The molecule has 0 spiro atoms. The van der Waals surface area contributed by atoms with E-state index in [9.17, 15) is 4.79 Å². The van der Waals surface area contributed by atoms with Crippen LogP contribution in [0.25, 0.3) is 11.3 Å². The Morgan fingerprint density at radius 1 is 1.35 bits per heavy atom. The van der Waals surface area contributed by atoms with E-state index in [1.165, 1.54) is 4.68 Å². The van der Waals surface area contributed by atoms with Crippen molar-refractivity contribution in [2.24, 2.45) is 5.92 Å². The molecular weight excluding hydrogens is 254 g/mol. The third-order valence-electron chi connectivity index (χ3n) is 2.91. The van der Waals surface area contributed by atoms with E-state index in [0.29, 0.717) is 18.2 Å². The van der Waals surface area contributed by atoms with Crippen molar-refractivity contribution >= 4 is 5.69 Å². The Balaban J connectivity index is 2.51. The Hall–Kier alpha value is -2.30. The molecule has 5 heteroatoms. The maximum absolute atomic E-state index is 12.0. The SMILES string of the molecule is COc1cccc(-c2cc(N)c(=O)n(CC(C)C)n2)c1. The van der Waals surface area contributed by atoms with Crippen LogP contribution in [0, 0.1) is 5.92 Å². The van der Waals surface area contributed by atoms with Gasteiger partial charge in [0.1, 0.15) is 11.4 Å². The minimum Gasteiger partial charge on any atom is -0.497 e. The average Bonchev–Trinajstić information content (AvgIpc) is 2.43. The molecule has 5 nitrogen and oxygen atoms in total. The lowest BCUT2D eigenvalue weighted by molar-refractivity contribution is 0.415. The maximum atomic E-state index is 12.0. The minimum absolute atomic E-state index is 0.207. The van der Waals surface area contributed by atoms with Gasteiger partial charge in [0.2, 0.25) is 0 Å². The summed E-state index contributed by atoms with van der Waals surface area (Å²) in [5.74, 6) is 1.06. The number of rotatable bonds is 4. The van der Waals surface area contributed by atoms with Crippen molar-refractivity contribution in [1.29, 1.82) is 0 Å². The first-order valence-electron chi connectivity index (χ1n) is 6.53. The lowest BCUT2D eigenvalue weighted by atomic mass is 10.1. The molecule has 2 N–H and O–H groups in total. The van der Waals surface area contributed by atoms with E-state index in [1.807, 2.05) is 38.1 Å². The average molecular weight is 273 g/mol. The molecular formula is C15H19N3O2. The Kier molecular flexibility index (Phi) is 4.08. The van der Waals surface area contributed by atoms with Gasteiger partial charge in [-0.2, -0.15) is 5.10 Å². The van der Waals surface area contributed by atoms with Crippen LogP contribution in [0.1, 0.15) is 13.8 Å². The zero-order valence-corrected chi connectivity index (χ0v) is 12.0. The number of aromatic nitrogens is 2. The fourth-order valence-electron chi connectivity index (χ4n) is 1.96. The van der Waals surface area contributed by atoms with Gasteiger partial charge in [-0.05, 0) is 24.1 Å². The number of hydrogen-bond donors (Lipinski definition) is 1. The number of nitrogens with zero attached hydrogens (tertiary/aromatic N) is 2. The van der Waals surface area contributed by atoms with Gasteiger partial charge < -0.3 is 10.5 Å². The van der Waals surface area contributed by atoms with Gasteiger partial charge in [-0.25, -0.2) is 4.68 Å². The van der Waals surface area contributed by atoms with Crippen molar-refractivity contribution in [2.75, 3.05) is 12.8 Å². The van der Waals surface area contributed by atoms with Gasteiger partial charge in [-0.3, -0.25) is 4.79 Å². The van der Waals surface area contributed by atoms with Crippen molar-refractivity contribution in [3.05, 3.63) is 40.7 Å². The monoisotopic (exact) mass is 273 g/mol. The summed E-state index contributed by atoms with van der Waals surface area (Å²) in [6, 6.07) is 9.12. The van der Waals surface area contributed by atoms with Crippen molar-refractivity contribution in [2.45, 2.75) is 20.4 Å². The summed E-state index contributed by atoms with van der Waals surface area (Å²) >= 11 is 0. The second-order valence-corrected chi connectivity index (χ2v) is 5.10. The van der Waals surface area contributed by atoms with Crippen LogP contribution in [0.5, 0.6) is 5.75 Å². The molecule has 0 bridgehead atoms. The molecule has 0 aliphatic heterocycles. The standard InChI is InChI=1S/C15H19N3O2/c1-10(2)9-18-15(19)13(16)8-14(17-18)11-5-4-6-12(7-11)20-3/h4-8,10H,9,16H2,1-3H3. The summed E-state index contributed by atoms with van der Waals surface area (Å²) in [5.41, 5.74) is 7.30. The third kappa shape index (κ3) is 2.99. The number of ether oxygens (including phenoxy) is 1. The highest BCUT2D eigenvalue weighted by atomic mass is 16.5. The van der Waals surface area contributed by atoms with Crippen LogP contribution in [-0.4, -0.2) is 16.9 Å². The normalized spacial score (nSPS) is 10.8. The molecule has 0 amide bonds. The lowest BCUT2D eigenvalue weighted by Gasteiger charge is -2.11. The highest BCUT2D eigenvalue weighted by molar-refractivity contribution is 5.63. The minimum atomic E-state index is -0.245. The number of hydrogen-bond acceptors (Lipinski definition) is 4. The highest BCUT2D eigenvalue weighted by Crippen LogP contribution is 2.22.